The molecular weight excluding hydrogens is 452 g/mol. The van der Waals surface area contributed by atoms with Crippen LogP contribution in [0.15, 0.2) is 24.3 Å². The van der Waals surface area contributed by atoms with Gasteiger partial charge in [-0.2, -0.15) is 0 Å². The molecule has 2 fully saturated rings. The molecule has 0 saturated carbocycles. The van der Waals surface area contributed by atoms with Crippen LogP contribution in [0.5, 0.6) is 0 Å². The Bertz CT molecular complexity index is 874. The lowest BCUT2D eigenvalue weighted by atomic mass is 9.75. The summed E-state index contributed by atoms with van der Waals surface area (Å²) in [7, 11) is 0. The Morgan fingerprint density at radius 1 is 1.00 bits per heavy atom. The summed E-state index contributed by atoms with van der Waals surface area (Å²) < 4.78 is 22.9. The smallest absolute Gasteiger partial charge is 0.333 e. The van der Waals surface area contributed by atoms with Crippen LogP contribution >= 0.6 is 0 Å². The van der Waals surface area contributed by atoms with E-state index in [4.69, 9.17) is 18.9 Å². The zero-order valence-electron chi connectivity index (χ0n) is 21.9. The normalized spacial score (nSPS) is 28.9. The molecule has 2 rings (SSSR count). The quantitative estimate of drug-likeness (QED) is 0.221. The molecule has 2 heterocycles. The molecule has 0 aromatic heterocycles. The number of ether oxygens (including phenoxy) is 4. The average Bonchev–Trinajstić information content (AvgIpc) is 3.24. The van der Waals surface area contributed by atoms with Crippen molar-refractivity contribution in [3.05, 3.63) is 24.3 Å². The van der Waals surface area contributed by atoms with E-state index in [9.17, 15) is 19.2 Å². The Hall–Kier alpha value is -2.64. The molecule has 5 atom stereocenters. The summed E-state index contributed by atoms with van der Waals surface area (Å²) >= 11 is 0. The minimum absolute atomic E-state index is 0.0119. The lowest BCUT2D eigenvalue weighted by Gasteiger charge is -2.39. The molecule has 0 amide bonds. The molecule has 8 nitrogen and oxygen atoms in total. The van der Waals surface area contributed by atoms with Crippen LogP contribution in [0, 0.1) is 11.8 Å². The average molecular weight is 493 g/mol. The molecule has 0 radical (unpaired) electrons. The Labute approximate surface area is 208 Å². The first-order chi connectivity index (χ1) is 16.3. The highest BCUT2D eigenvalue weighted by Gasteiger charge is 2.57. The highest BCUT2D eigenvalue weighted by molar-refractivity contribution is 5.88. The van der Waals surface area contributed by atoms with E-state index in [0.717, 1.165) is 0 Å². The van der Waals surface area contributed by atoms with Gasteiger partial charge < -0.3 is 18.9 Å². The van der Waals surface area contributed by atoms with Crippen molar-refractivity contribution >= 4 is 23.9 Å². The van der Waals surface area contributed by atoms with Gasteiger partial charge >= 0.3 is 23.9 Å². The highest BCUT2D eigenvalue weighted by atomic mass is 16.6. The molecule has 0 aromatic carbocycles. The van der Waals surface area contributed by atoms with Gasteiger partial charge in [-0.15, -0.1) is 0 Å². The molecule has 0 aliphatic carbocycles. The van der Waals surface area contributed by atoms with E-state index < -0.39 is 47.3 Å². The minimum atomic E-state index is -1.11. The van der Waals surface area contributed by atoms with Crippen molar-refractivity contribution in [2.45, 2.75) is 110 Å². The lowest BCUT2D eigenvalue weighted by molar-refractivity contribution is -0.174. The third kappa shape index (κ3) is 6.33. The van der Waals surface area contributed by atoms with Crippen LogP contribution in [0.3, 0.4) is 0 Å². The molecule has 0 N–H and O–H groups in total. The second kappa shape index (κ2) is 11.4. The van der Waals surface area contributed by atoms with Crippen LogP contribution in [-0.4, -0.2) is 47.3 Å². The number of hydrogen-bond acceptors (Lipinski definition) is 8. The first-order valence-electron chi connectivity index (χ1n) is 12.4. The molecule has 8 heteroatoms. The van der Waals surface area contributed by atoms with Crippen LogP contribution in [0.2, 0.25) is 0 Å². The van der Waals surface area contributed by atoms with E-state index in [0.29, 0.717) is 32.1 Å². The van der Waals surface area contributed by atoms with E-state index in [1.807, 2.05) is 27.7 Å². The van der Waals surface area contributed by atoms with Crippen molar-refractivity contribution in [3.8, 4) is 0 Å². The summed E-state index contributed by atoms with van der Waals surface area (Å²) in [5.74, 6) is -2.17. The predicted molar refractivity (Wildman–Crippen MR) is 129 cm³/mol. The van der Waals surface area contributed by atoms with Gasteiger partial charge in [-0.25, -0.2) is 9.59 Å². The zero-order valence-corrected chi connectivity index (χ0v) is 21.9. The fourth-order valence-electron chi connectivity index (χ4n) is 5.16. The van der Waals surface area contributed by atoms with Gasteiger partial charge in [0.1, 0.15) is 12.2 Å². The van der Waals surface area contributed by atoms with Gasteiger partial charge in [-0.05, 0) is 45.4 Å². The molecule has 2 aliphatic rings. The monoisotopic (exact) mass is 492 g/mol. The summed E-state index contributed by atoms with van der Waals surface area (Å²) in [6.45, 7) is 18.2. The number of esters is 4. The fraction of sp³-hybridized carbons (Fsp3) is 0.704. The third-order valence-corrected chi connectivity index (χ3v) is 6.96. The Morgan fingerprint density at radius 3 is 2.11 bits per heavy atom. The van der Waals surface area contributed by atoms with E-state index in [2.05, 4.69) is 13.2 Å². The van der Waals surface area contributed by atoms with Crippen molar-refractivity contribution in [2.24, 2.45) is 11.8 Å². The van der Waals surface area contributed by atoms with Crippen molar-refractivity contribution in [2.75, 3.05) is 0 Å². The Kier molecular flexibility index (Phi) is 9.31. The molecular formula is C27H40O8. The first-order valence-corrected chi connectivity index (χ1v) is 12.4. The van der Waals surface area contributed by atoms with Crippen LogP contribution in [0.4, 0.5) is 0 Å². The van der Waals surface area contributed by atoms with Crippen LogP contribution in [-0.2, 0) is 38.1 Å². The standard InChI is InChI=1S/C27H40O8/c1-9-13-26(34-24(30)17(4)5)14-21(28)32-20(26)12-10-11-19(8)27(35-25(31)18(6)7)15-22(29)33-23(27)16(2)3/h16,19-20,23H,4,6,9-15H2,1-3,5,7-8H3. The topological polar surface area (TPSA) is 105 Å². The number of carbonyl (C=O) groups is 4. The largest absolute Gasteiger partial charge is 0.458 e. The molecule has 5 unspecified atom stereocenters. The van der Waals surface area contributed by atoms with E-state index in [-0.39, 0.29) is 35.8 Å². The Balaban J connectivity index is 2.20. The van der Waals surface area contributed by atoms with Gasteiger partial charge in [0, 0.05) is 17.1 Å². The summed E-state index contributed by atoms with van der Waals surface area (Å²) in [5.41, 5.74) is -1.62. The lowest BCUT2D eigenvalue weighted by Crippen LogP contribution is -2.50. The zero-order chi connectivity index (χ0) is 26.6. The summed E-state index contributed by atoms with van der Waals surface area (Å²) in [5, 5.41) is 0. The van der Waals surface area contributed by atoms with Crippen molar-refractivity contribution < 1.29 is 38.1 Å². The van der Waals surface area contributed by atoms with E-state index >= 15 is 0 Å². The highest BCUT2D eigenvalue weighted by Crippen LogP contribution is 2.44. The maximum atomic E-state index is 12.5. The number of hydrogen-bond donors (Lipinski definition) is 0. The molecule has 0 bridgehead atoms. The fourth-order valence-corrected chi connectivity index (χ4v) is 5.16. The SMILES string of the molecule is C=C(C)C(=O)OC1(CCC)CC(=O)OC1CCCC(C)C1(OC(=O)C(=C)C)CC(=O)OC1C(C)C. The molecule has 35 heavy (non-hydrogen) atoms. The van der Waals surface area contributed by atoms with Gasteiger partial charge in [-0.1, -0.05) is 47.3 Å². The van der Waals surface area contributed by atoms with Crippen molar-refractivity contribution in [1.82, 2.24) is 0 Å². The number of cyclic esters (lactones) is 2. The van der Waals surface area contributed by atoms with Crippen LogP contribution < -0.4 is 0 Å². The first kappa shape index (κ1) is 28.6. The molecule has 2 aliphatic heterocycles. The van der Waals surface area contributed by atoms with Crippen LogP contribution in [0.1, 0.15) is 86.5 Å². The van der Waals surface area contributed by atoms with Gasteiger partial charge in [0.15, 0.2) is 11.2 Å². The molecule has 0 spiro atoms. The van der Waals surface area contributed by atoms with Crippen molar-refractivity contribution in [3.63, 3.8) is 0 Å². The second-order valence-electron chi connectivity index (χ2n) is 10.4. The minimum Gasteiger partial charge on any atom is -0.458 e. The summed E-state index contributed by atoms with van der Waals surface area (Å²) in [6.07, 6.45) is 1.68. The summed E-state index contributed by atoms with van der Waals surface area (Å²) in [4.78, 5) is 49.4. The van der Waals surface area contributed by atoms with Gasteiger partial charge in [0.05, 0.1) is 12.8 Å². The third-order valence-electron chi connectivity index (χ3n) is 6.96. The maximum absolute atomic E-state index is 12.5. The molecule has 2 saturated heterocycles. The van der Waals surface area contributed by atoms with E-state index in [1.54, 1.807) is 13.8 Å². The Morgan fingerprint density at radius 2 is 1.57 bits per heavy atom. The van der Waals surface area contributed by atoms with Gasteiger partial charge in [0.25, 0.3) is 0 Å². The second-order valence-corrected chi connectivity index (χ2v) is 10.4. The number of carbonyl (C=O) groups excluding carboxylic acids is 4. The maximum Gasteiger partial charge on any atom is 0.333 e. The van der Waals surface area contributed by atoms with Crippen molar-refractivity contribution in [1.29, 1.82) is 0 Å². The summed E-state index contributed by atoms with van der Waals surface area (Å²) in [6, 6.07) is 0. The molecule has 0 aromatic rings. The number of rotatable bonds is 12. The van der Waals surface area contributed by atoms with Gasteiger partial charge in [-0.3, -0.25) is 9.59 Å². The van der Waals surface area contributed by atoms with E-state index in [1.165, 1.54) is 0 Å². The molecule has 196 valence electrons. The van der Waals surface area contributed by atoms with Crippen LogP contribution in [0.25, 0.3) is 0 Å². The van der Waals surface area contributed by atoms with Gasteiger partial charge in [0.2, 0.25) is 0 Å². The predicted octanol–water partition coefficient (Wildman–Crippen LogP) is 4.60.